The largest absolute Gasteiger partial charge is 0.478 e. The third-order valence-corrected chi connectivity index (χ3v) is 2.63. The van der Waals surface area contributed by atoms with E-state index >= 15 is 0 Å². The molecular formula is C12H8N2O2. The van der Waals surface area contributed by atoms with Crippen LogP contribution in [-0.2, 0) is 0 Å². The number of carbonyl (C=O) groups is 1. The smallest absolute Gasteiger partial charge is 0.336 e. The molecule has 0 saturated heterocycles. The van der Waals surface area contributed by atoms with Crippen molar-refractivity contribution in [3.05, 3.63) is 42.1 Å². The fourth-order valence-electron chi connectivity index (χ4n) is 1.95. The lowest BCUT2D eigenvalue weighted by atomic mass is 10.1. The van der Waals surface area contributed by atoms with Gasteiger partial charge >= 0.3 is 5.97 Å². The van der Waals surface area contributed by atoms with Gasteiger partial charge in [0.2, 0.25) is 0 Å². The Hall–Kier alpha value is -2.36. The first-order valence-corrected chi connectivity index (χ1v) is 4.86. The molecule has 16 heavy (non-hydrogen) atoms. The molecule has 78 valence electrons. The second-order valence-electron chi connectivity index (χ2n) is 3.56. The number of carboxylic acids is 1. The van der Waals surface area contributed by atoms with E-state index in [2.05, 4.69) is 9.97 Å². The van der Waals surface area contributed by atoms with Crippen LogP contribution in [0.5, 0.6) is 0 Å². The summed E-state index contributed by atoms with van der Waals surface area (Å²) in [6.45, 7) is 0. The molecule has 2 heterocycles. The van der Waals surface area contributed by atoms with E-state index < -0.39 is 5.97 Å². The molecule has 2 aromatic heterocycles. The van der Waals surface area contributed by atoms with Crippen LogP contribution in [0.15, 0.2) is 36.5 Å². The van der Waals surface area contributed by atoms with E-state index in [1.54, 1.807) is 0 Å². The minimum Gasteiger partial charge on any atom is -0.478 e. The van der Waals surface area contributed by atoms with E-state index in [1.807, 2.05) is 24.3 Å². The number of H-pyrrole nitrogens is 1. The fraction of sp³-hybridized carbons (Fsp3) is 0. The molecular weight excluding hydrogens is 204 g/mol. The molecule has 0 aliphatic heterocycles. The van der Waals surface area contributed by atoms with E-state index in [9.17, 15) is 4.79 Å². The summed E-state index contributed by atoms with van der Waals surface area (Å²) < 4.78 is 0. The Morgan fingerprint density at radius 2 is 2.06 bits per heavy atom. The molecule has 2 N–H and O–H groups in total. The first-order chi connectivity index (χ1) is 7.77. The highest BCUT2D eigenvalue weighted by molar-refractivity contribution is 6.14. The van der Waals surface area contributed by atoms with E-state index in [1.165, 1.54) is 12.3 Å². The van der Waals surface area contributed by atoms with Gasteiger partial charge in [-0.3, -0.25) is 0 Å². The van der Waals surface area contributed by atoms with Crippen molar-refractivity contribution in [2.75, 3.05) is 0 Å². The molecule has 4 heteroatoms. The van der Waals surface area contributed by atoms with Crippen LogP contribution in [0, 0.1) is 0 Å². The highest BCUT2D eigenvalue weighted by Crippen LogP contribution is 2.26. The van der Waals surface area contributed by atoms with E-state index in [-0.39, 0.29) is 5.56 Å². The number of hydrogen-bond donors (Lipinski definition) is 2. The summed E-state index contributed by atoms with van der Waals surface area (Å²) in [4.78, 5) is 18.4. The number of aromatic amines is 1. The van der Waals surface area contributed by atoms with Gasteiger partial charge in [0.05, 0.1) is 5.56 Å². The van der Waals surface area contributed by atoms with Crippen LogP contribution in [0.2, 0.25) is 0 Å². The average molecular weight is 212 g/mol. The highest BCUT2D eigenvalue weighted by atomic mass is 16.4. The zero-order valence-corrected chi connectivity index (χ0v) is 8.27. The van der Waals surface area contributed by atoms with E-state index in [4.69, 9.17) is 5.11 Å². The number of aromatic nitrogens is 2. The maximum atomic E-state index is 11.1. The van der Waals surface area contributed by atoms with Gasteiger partial charge in [-0.2, -0.15) is 0 Å². The standard InChI is InChI=1S/C12H8N2O2/c15-12(16)8-5-6-13-11-10(8)7-3-1-2-4-9(7)14-11/h1-6H,(H,13,14)(H,15,16). The van der Waals surface area contributed by atoms with Gasteiger partial charge in [-0.15, -0.1) is 0 Å². The number of rotatable bonds is 1. The van der Waals surface area contributed by atoms with Crippen molar-refractivity contribution in [2.24, 2.45) is 0 Å². The Labute approximate surface area is 90.5 Å². The maximum Gasteiger partial charge on any atom is 0.336 e. The molecule has 3 aromatic rings. The van der Waals surface area contributed by atoms with Crippen LogP contribution in [0.1, 0.15) is 10.4 Å². The number of fused-ring (bicyclic) bond motifs is 3. The Kier molecular flexibility index (Phi) is 1.71. The predicted octanol–water partition coefficient (Wildman–Crippen LogP) is 2.41. The number of nitrogens with zero attached hydrogens (tertiary/aromatic N) is 1. The monoisotopic (exact) mass is 212 g/mol. The predicted molar refractivity (Wildman–Crippen MR) is 60.6 cm³/mol. The van der Waals surface area contributed by atoms with Gasteiger partial charge in [0.25, 0.3) is 0 Å². The molecule has 4 nitrogen and oxygen atoms in total. The fourth-order valence-corrected chi connectivity index (χ4v) is 1.95. The van der Waals surface area contributed by atoms with Crippen LogP contribution in [-0.4, -0.2) is 21.0 Å². The van der Waals surface area contributed by atoms with Gasteiger partial charge in [-0.1, -0.05) is 18.2 Å². The Morgan fingerprint density at radius 1 is 1.25 bits per heavy atom. The van der Waals surface area contributed by atoms with Crippen molar-refractivity contribution >= 4 is 27.9 Å². The minimum absolute atomic E-state index is 0.280. The number of para-hydroxylation sites is 1. The summed E-state index contributed by atoms with van der Waals surface area (Å²) in [6.07, 6.45) is 1.50. The highest BCUT2D eigenvalue weighted by Gasteiger charge is 2.13. The van der Waals surface area contributed by atoms with Gasteiger partial charge < -0.3 is 10.1 Å². The minimum atomic E-state index is -0.933. The van der Waals surface area contributed by atoms with Crippen LogP contribution in [0.25, 0.3) is 21.9 Å². The molecule has 0 aliphatic rings. The Morgan fingerprint density at radius 3 is 2.88 bits per heavy atom. The second-order valence-corrected chi connectivity index (χ2v) is 3.56. The third kappa shape index (κ3) is 1.10. The van der Waals surface area contributed by atoms with Crippen molar-refractivity contribution in [1.29, 1.82) is 0 Å². The first-order valence-electron chi connectivity index (χ1n) is 4.86. The van der Waals surface area contributed by atoms with Gasteiger partial charge in [0.15, 0.2) is 0 Å². The number of pyridine rings is 1. The van der Waals surface area contributed by atoms with Gasteiger partial charge in [-0.05, 0) is 12.1 Å². The normalized spacial score (nSPS) is 11.0. The van der Waals surface area contributed by atoms with Gasteiger partial charge in [0.1, 0.15) is 5.65 Å². The number of aromatic carboxylic acids is 1. The first kappa shape index (κ1) is 8.91. The number of benzene rings is 1. The number of nitrogens with one attached hydrogen (secondary N) is 1. The molecule has 1 aromatic carbocycles. The molecule has 0 saturated carbocycles. The van der Waals surface area contributed by atoms with Crippen LogP contribution in [0.4, 0.5) is 0 Å². The molecule has 0 fully saturated rings. The van der Waals surface area contributed by atoms with Crippen molar-refractivity contribution in [1.82, 2.24) is 9.97 Å². The van der Waals surface area contributed by atoms with Crippen molar-refractivity contribution < 1.29 is 9.90 Å². The molecule has 0 aliphatic carbocycles. The molecule has 3 rings (SSSR count). The lowest BCUT2D eigenvalue weighted by molar-refractivity contribution is 0.0699. The summed E-state index contributed by atoms with van der Waals surface area (Å²) >= 11 is 0. The second kappa shape index (κ2) is 3.06. The van der Waals surface area contributed by atoms with Gasteiger partial charge in [-0.25, -0.2) is 9.78 Å². The quantitative estimate of drug-likeness (QED) is 0.651. The maximum absolute atomic E-state index is 11.1. The lowest BCUT2D eigenvalue weighted by Crippen LogP contribution is -1.97. The SMILES string of the molecule is O=C(O)c1ccnc2[nH]c3ccccc3c12. The Bertz CT molecular complexity index is 700. The number of hydrogen-bond acceptors (Lipinski definition) is 2. The summed E-state index contributed by atoms with van der Waals surface area (Å²) in [5.41, 5.74) is 1.79. The zero-order chi connectivity index (χ0) is 11.1. The summed E-state index contributed by atoms with van der Waals surface area (Å²) in [6, 6.07) is 9.10. The average Bonchev–Trinajstić information content (AvgIpc) is 2.66. The zero-order valence-electron chi connectivity index (χ0n) is 8.27. The molecule has 0 amide bonds. The number of carboxylic acid groups (broad SMARTS) is 1. The molecule has 0 spiro atoms. The topological polar surface area (TPSA) is 66.0 Å². The molecule has 0 bridgehead atoms. The van der Waals surface area contributed by atoms with E-state index in [0.29, 0.717) is 11.0 Å². The summed E-state index contributed by atoms with van der Waals surface area (Å²) in [5, 5.41) is 10.7. The third-order valence-electron chi connectivity index (χ3n) is 2.63. The van der Waals surface area contributed by atoms with Crippen LogP contribution < -0.4 is 0 Å². The Balaban J connectivity index is 2.57. The van der Waals surface area contributed by atoms with Crippen LogP contribution >= 0.6 is 0 Å². The van der Waals surface area contributed by atoms with Crippen molar-refractivity contribution in [3.8, 4) is 0 Å². The van der Waals surface area contributed by atoms with Crippen molar-refractivity contribution in [3.63, 3.8) is 0 Å². The lowest BCUT2D eigenvalue weighted by Gasteiger charge is -1.96. The van der Waals surface area contributed by atoms with Crippen molar-refractivity contribution in [2.45, 2.75) is 0 Å². The summed E-state index contributed by atoms with van der Waals surface area (Å²) in [7, 11) is 0. The van der Waals surface area contributed by atoms with Gasteiger partial charge in [0, 0.05) is 22.5 Å². The van der Waals surface area contributed by atoms with Crippen LogP contribution in [0.3, 0.4) is 0 Å². The van der Waals surface area contributed by atoms with E-state index in [0.717, 1.165) is 10.9 Å². The molecule has 0 unspecified atom stereocenters. The summed E-state index contributed by atoms with van der Waals surface area (Å²) in [5.74, 6) is -0.933. The molecule has 0 atom stereocenters. The molecule has 0 radical (unpaired) electrons.